The van der Waals surface area contributed by atoms with E-state index in [2.05, 4.69) is 15.0 Å². The molecule has 122 valence electrons. The molecule has 2 heterocycles. The van der Waals surface area contributed by atoms with Crippen LogP contribution >= 0.6 is 24.8 Å². The number of rotatable bonds is 4. The van der Waals surface area contributed by atoms with Crippen LogP contribution in [0.3, 0.4) is 0 Å². The van der Waals surface area contributed by atoms with Crippen molar-refractivity contribution in [2.24, 2.45) is 5.73 Å². The molecule has 0 saturated heterocycles. The maximum Gasteiger partial charge on any atom is 0.157 e. The molecule has 0 amide bonds. The third kappa shape index (κ3) is 3.91. The number of halogens is 2. The summed E-state index contributed by atoms with van der Waals surface area (Å²) in [6, 6.07) is 9.06. The molecule has 1 aromatic carbocycles. The summed E-state index contributed by atoms with van der Waals surface area (Å²) in [6.07, 6.45) is 1.69. The number of nitrogen functional groups attached to an aromatic ring is 1. The van der Waals surface area contributed by atoms with Crippen LogP contribution in [0.5, 0.6) is 5.75 Å². The summed E-state index contributed by atoms with van der Waals surface area (Å²) in [5.74, 6) is 1.45. The molecule has 3 rings (SSSR count). The normalized spacial score (nSPS) is 9.78. The van der Waals surface area contributed by atoms with Gasteiger partial charge in [-0.25, -0.2) is 4.98 Å². The molecule has 0 aliphatic heterocycles. The highest BCUT2D eigenvalue weighted by atomic mass is 35.5. The van der Waals surface area contributed by atoms with E-state index in [4.69, 9.17) is 15.9 Å². The number of nitrogens with zero attached hydrogens (tertiary/aromatic N) is 2. The lowest BCUT2D eigenvalue weighted by Crippen LogP contribution is -2.10. The van der Waals surface area contributed by atoms with Gasteiger partial charge in [0.05, 0.1) is 17.6 Å². The maximum absolute atomic E-state index is 7.47. The highest BCUT2D eigenvalue weighted by Crippen LogP contribution is 2.22. The molecule has 23 heavy (non-hydrogen) atoms. The number of H-pyrrole nitrogens is 1. The smallest absolute Gasteiger partial charge is 0.157 e. The van der Waals surface area contributed by atoms with Crippen LogP contribution < -0.4 is 10.5 Å². The lowest BCUT2D eigenvalue weighted by atomic mass is 10.2. The van der Waals surface area contributed by atoms with Crippen molar-refractivity contribution in [3.05, 3.63) is 42.1 Å². The molecule has 0 bridgehead atoms. The summed E-state index contributed by atoms with van der Waals surface area (Å²) >= 11 is 0. The zero-order valence-corrected chi connectivity index (χ0v) is 14.0. The lowest BCUT2D eigenvalue weighted by molar-refractivity contribution is 0.340. The van der Waals surface area contributed by atoms with Gasteiger partial charge in [0, 0.05) is 17.8 Å². The molecule has 2 aromatic heterocycles. The zero-order chi connectivity index (χ0) is 14.8. The van der Waals surface area contributed by atoms with E-state index in [1.54, 1.807) is 18.3 Å². The summed E-state index contributed by atoms with van der Waals surface area (Å²) < 4.78 is 5.47. The van der Waals surface area contributed by atoms with Gasteiger partial charge in [-0.15, -0.1) is 24.8 Å². The average molecular weight is 354 g/mol. The van der Waals surface area contributed by atoms with Crippen molar-refractivity contribution in [1.82, 2.24) is 15.0 Å². The second kappa shape index (κ2) is 7.80. The minimum Gasteiger partial charge on any atom is -0.494 e. The Bertz CT molecular complexity index is 818. The van der Waals surface area contributed by atoms with Gasteiger partial charge in [0.1, 0.15) is 17.3 Å². The van der Waals surface area contributed by atoms with Gasteiger partial charge in [-0.1, -0.05) is 0 Å². The Hall–Kier alpha value is -2.31. The first kappa shape index (κ1) is 18.7. The Kier molecular flexibility index (Phi) is 6.36. The van der Waals surface area contributed by atoms with Gasteiger partial charge in [0.2, 0.25) is 0 Å². The standard InChI is InChI=1S/C15H15N5O.2ClH/c1-2-21-10-5-6-18-13(8-10)15-19-11-4-3-9(14(16)17)7-12(11)20-15;;/h3-8H,2H2,1H3,(H3,16,17)(H,19,20);2*1H. The van der Waals surface area contributed by atoms with E-state index in [0.717, 1.165) is 16.8 Å². The number of fused-ring (bicyclic) bond motifs is 1. The van der Waals surface area contributed by atoms with Crippen molar-refractivity contribution in [2.75, 3.05) is 6.61 Å². The summed E-state index contributed by atoms with van der Waals surface area (Å²) in [6.45, 7) is 2.54. The summed E-state index contributed by atoms with van der Waals surface area (Å²) in [5.41, 5.74) is 8.49. The van der Waals surface area contributed by atoms with Gasteiger partial charge in [0.25, 0.3) is 0 Å². The minimum atomic E-state index is 0. The number of benzene rings is 1. The number of hydrogen-bond acceptors (Lipinski definition) is 4. The zero-order valence-electron chi connectivity index (χ0n) is 12.4. The molecule has 0 unspecified atom stereocenters. The fourth-order valence-corrected chi connectivity index (χ4v) is 2.10. The highest BCUT2D eigenvalue weighted by Gasteiger charge is 2.09. The van der Waals surface area contributed by atoms with Crippen LogP contribution in [-0.4, -0.2) is 27.4 Å². The van der Waals surface area contributed by atoms with E-state index >= 15 is 0 Å². The molecule has 0 aliphatic rings. The number of nitrogens with one attached hydrogen (secondary N) is 2. The predicted molar refractivity (Wildman–Crippen MR) is 96.0 cm³/mol. The van der Waals surface area contributed by atoms with Crippen LogP contribution in [0.15, 0.2) is 36.5 Å². The van der Waals surface area contributed by atoms with Gasteiger partial charge in [-0.05, 0) is 31.2 Å². The molecule has 0 atom stereocenters. The Labute approximate surface area is 145 Å². The third-order valence-electron chi connectivity index (χ3n) is 3.08. The molecule has 3 aromatic rings. The van der Waals surface area contributed by atoms with E-state index in [1.807, 2.05) is 25.1 Å². The molecule has 6 nitrogen and oxygen atoms in total. The van der Waals surface area contributed by atoms with Crippen molar-refractivity contribution in [3.63, 3.8) is 0 Å². The molecule has 8 heteroatoms. The summed E-state index contributed by atoms with van der Waals surface area (Å²) in [7, 11) is 0. The third-order valence-corrected chi connectivity index (χ3v) is 3.08. The fourth-order valence-electron chi connectivity index (χ4n) is 2.10. The summed E-state index contributed by atoms with van der Waals surface area (Å²) in [4.78, 5) is 12.0. The number of ether oxygens (including phenoxy) is 1. The molecule has 0 saturated carbocycles. The average Bonchev–Trinajstić information content (AvgIpc) is 2.91. The van der Waals surface area contributed by atoms with Gasteiger partial charge in [-0.2, -0.15) is 0 Å². The Morgan fingerprint density at radius 1 is 1.26 bits per heavy atom. The fraction of sp³-hybridized carbons (Fsp3) is 0.133. The molecule has 0 aliphatic carbocycles. The van der Waals surface area contributed by atoms with Crippen molar-refractivity contribution >= 4 is 41.7 Å². The monoisotopic (exact) mass is 353 g/mol. The number of aromatic nitrogens is 3. The molecule has 4 N–H and O–H groups in total. The van der Waals surface area contributed by atoms with E-state index < -0.39 is 0 Å². The van der Waals surface area contributed by atoms with Crippen molar-refractivity contribution < 1.29 is 4.74 Å². The van der Waals surface area contributed by atoms with E-state index in [-0.39, 0.29) is 30.6 Å². The number of nitrogens with two attached hydrogens (primary N) is 1. The first-order valence-electron chi connectivity index (χ1n) is 6.60. The molecule has 0 spiro atoms. The van der Waals surface area contributed by atoms with Gasteiger partial charge >= 0.3 is 0 Å². The molecule has 0 radical (unpaired) electrons. The Balaban J connectivity index is 0.00000132. The van der Waals surface area contributed by atoms with Crippen molar-refractivity contribution in [3.8, 4) is 17.3 Å². The van der Waals surface area contributed by atoms with Crippen LogP contribution in [0.25, 0.3) is 22.6 Å². The minimum absolute atomic E-state index is 0. The first-order chi connectivity index (χ1) is 10.2. The van der Waals surface area contributed by atoms with Crippen LogP contribution in [0, 0.1) is 5.41 Å². The number of aromatic amines is 1. The van der Waals surface area contributed by atoms with Gasteiger partial charge < -0.3 is 15.5 Å². The largest absolute Gasteiger partial charge is 0.494 e. The van der Waals surface area contributed by atoms with Crippen LogP contribution in [0.2, 0.25) is 0 Å². The Morgan fingerprint density at radius 3 is 2.74 bits per heavy atom. The van der Waals surface area contributed by atoms with Crippen LogP contribution in [-0.2, 0) is 0 Å². The van der Waals surface area contributed by atoms with Crippen LogP contribution in [0.1, 0.15) is 12.5 Å². The second-order valence-corrected chi connectivity index (χ2v) is 4.54. The van der Waals surface area contributed by atoms with Crippen molar-refractivity contribution in [1.29, 1.82) is 5.41 Å². The number of imidazole rings is 1. The predicted octanol–water partition coefficient (Wildman–Crippen LogP) is 3.15. The number of amidine groups is 1. The number of hydrogen-bond donors (Lipinski definition) is 3. The highest BCUT2D eigenvalue weighted by molar-refractivity contribution is 5.98. The van der Waals surface area contributed by atoms with E-state index in [0.29, 0.717) is 23.7 Å². The second-order valence-electron chi connectivity index (χ2n) is 4.54. The Morgan fingerprint density at radius 2 is 2.04 bits per heavy atom. The maximum atomic E-state index is 7.47. The summed E-state index contributed by atoms with van der Waals surface area (Å²) in [5, 5.41) is 7.47. The molecular formula is C15H17Cl2N5O. The van der Waals surface area contributed by atoms with Crippen LogP contribution in [0.4, 0.5) is 0 Å². The van der Waals surface area contributed by atoms with E-state index in [1.165, 1.54) is 0 Å². The quantitative estimate of drug-likeness (QED) is 0.495. The van der Waals surface area contributed by atoms with Crippen molar-refractivity contribution in [2.45, 2.75) is 6.92 Å². The topological polar surface area (TPSA) is 101 Å². The van der Waals surface area contributed by atoms with Gasteiger partial charge in [-0.3, -0.25) is 10.4 Å². The first-order valence-corrected chi connectivity index (χ1v) is 6.60. The molecule has 0 fully saturated rings. The number of pyridine rings is 1. The van der Waals surface area contributed by atoms with E-state index in [9.17, 15) is 0 Å². The SMILES string of the molecule is CCOc1ccnc(-c2nc3ccc(C(=N)N)cc3[nH]2)c1.Cl.Cl. The van der Waals surface area contributed by atoms with Gasteiger partial charge in [0.15, 0.2) is 5.82 Å². The molecular weight excluding hydrogens is 337 g/mol. The lowest BCUT2D eigenvalue weighted by Gasteiger charge is -2.03.